The van der Waals surface area contributed by atoms with E-state index in [1.165, 1.54) is 186 Å². The first-order valence-corrected chi connectivity index (χ1v) is 28.0. The highest BCUT2D eigenvalue weighted by Crippen LogP contribution is 2.16. The number of hydrogen-bond donors (Lipinski definition) is 0. The van der Waals surface area contributed by atoms with E-state index in [4.69, 9.17) is 14.2 Å². The molecule has 0 fully saturated rings. The van der Waals surface area contributed by atoms with Crippen LogP contribution in [0.5, 0.6) is 0 Å². The Morgan fingerprint density at radius 2 is 0.562 bits per heavy atom. The lowest BCUT2D eigenvalue weighted by Gasteiger charge is -2.18. The molecule has 0 rings (SSSR count). The van der Waals surface area contributed by atoms with Crippen LogP contribution in [0.4, 0.5) is 0 Å². The Kier molecular flexibility index (Phi) is 51.3. The first kappa shape index (κ1) is 61.6. The second-order valence-electron chi connectivity index (χ2n) is 18.8. The van der Waals surface area contributed by atoms with Gasteiger partial charge in [0.25, 0.3) is 0 Å². The van der Waals surface area contributed by atoms with Crippen LogP contribution in [0.1, 0.15) is 297 Å². The van der Waals surface area contributed by atoms with Crippen LogP contribution >= 0.6 is 0 Å². The third-order valence-electron chi connectivity index (χ3n) is 12.4. The standard InChI is InChI=1S/C58H106O6/c1-4-7-10-13-16-19-22-25-27-28-29-30-31-34-36-39-42-45-48-51-57(60)63-54-55(53-62-56(59)50-47-44-41-38-35-32-24-21-18-15-12-9-6-3)64-58(61)52-49-46-43-40-37-33-26-23-20-17-14-11-8-5-2/h16,19,23,25-27,55H,4-15,17-18,20-22,24,28-54H2,1-3H3/b19-16-,26-23-,27-25-. The van der Waals surface area contributed by atoms with Crippen LogP contribution in [-0.4, -0.2) is 37.2 Å². The first-order chi connectivity index (χ1) is 31.5. The normalized spacial score (nSPS) is 12.2. The Bertz CT molecular complexity index is 1080. The molecule has 6 nitrogen and oxygen atoms in total. The van der Waals surface area contributed by atoms with Crippen LogP contribution in [0.3, 0.4) is 0 Å². The van der Waals surface area contributed by atoms with Gasteiger partial charge in [0.05, 0.1) is 0 Å². The second kappa shape index (κ2) is 53.2. The summed E-state index contributed by atoms with van der Waals surface area (Å²) >= 11 is 0. The van der Waals surface area contributed by atoms with E-state index in [9.17, 15) is 14.4 Å². The molecular formula is C58H106O6. The molecule has 64 heavy (non-hydrogen) atoms. The van der Waals surface area contributed by atoms with E-state index in [1.54, 1.807) is 0 Å². The average Bonchev–Trinajstić information content (AvgIpc) is 3.29. The van der Waals surface area contributed by atoms with Crippen LogP contribution in [-0.2, 0) is 28.6 Å². The van der Waals surface area contributed by atoms with Crippen molar-refractivity contribution in [3.05, 3.63) is 36.5 Å². The lowest BCUT2D eigenvalue weighted by atomic mass is 10.0. The zero-order valence-corrected chi connectivity index (χ0v) is 42.8. The number of carbonyl (C=O) groups excluding carboxylic acids is 3. The maximum absolute atomic E-state index is 12.8. The minimum absolute atomic E-state index is 0.0733. The van der Waals surface area contributed by atoms with Crippen molar-refractivity contribution in [3.63, 3.8) is 0 Å². The van der Waals surface area contributed by atoms with Gasteiger partial charge in [-0.2, -0.15) is 0 Å². The van der Waals surface area contributed by atoms with Crippen LogP contribution in [0.15, 0.2) is 36.5 Å². The predicted octanol–water partition coefficient (Wildman–Crippen LogP) is 18.5. The fourth-order valence-electron chi connectivity index (χ4n) is 8.12. The predicted molar refractivity (Wildman–Crippen MR) is 275 cm³/mol. The molecule has 0 aliphatic heterocycles. The molecule has 0 aliphatic carbocycles. The SMILES string of the molecule is CCCCC/C=C\C/C=C\CCCCCCCCCCCC(=O)OCC(COC(=O)CCCCCCCCCCCCCCC)OC(=O)CCCCCCC/C=C\CCCCCCC. The lowest BCUT2D eigenvalue weighted by Crippen LogP contribution is -2.30. The fourth-order valence-corrected chi connectivity index (χ4v) is 8.12. The van der Waals surface area contributed by atoms with Crippen LogP contribution in [0.2, 0.25) is 0 Å². The minimum Gasteiger partial charge on any atom is -0.462 e. The Morgan fingerprint density at radius 3 is 0.906 bits per heavy atom. The van der Waals surface area contributed by atoms with E-state index in [-0.39, 0.29) is 31.1 Å². The van der Waals surface area contributed by atoms with Crippen molar-refractivity contribution in [2.75, 3.05) is 13.2 Å². The molecule has 0 N–H and O–H groups in total. The highest BCUT2D eigenvalue weighted by Gasteiger charge is 2.19. The largest absolute Gasteiger partial charge is 0.462 e. The molecule has 0 aromatic heterocycles. The Labute approximate surface area is 397 Å². The zero-order valence-electron chi connectivity index (χ0n) is 42.8. The van der Waals surface area contributed by atoms with E-state index >= 15 is 0 Å². The van der Waals surface area contributed by atoms with Crippen molar-refractivity contribution < 1.29 is 28.6 Å². The average molecular weight is 899 g/mol. The molecule has 0 saturated heterocycles. The number of esters is 3. The van der Waals surface area contributed by atoms with Gasteiger partial charge in [0.15, 0.2) is 6.10 Å². The molecule has 0 bridgehead atoms. The maximum Gasteiger partial charge on any atom is 0.306 e. The van der Waals surface area contributed by atoms with Crippen molar-refractivity contribution >= 4 is 17.9 Å². The van der Waals surface area contributed by atoms with Crippen molar-refractivity contribution in [2.24, 2.45) is 0 Å². The summed E-state index contributed by atoms with van der Waals surface area (Å²) in [5.74, 6) is -0.872. The second-order valence-corrected chi connectivity index (χ2v) is 18.8. The summed E-state index contributed by atoms with van der Waals surface area (Å²) in [7, 11) is 0. The monoisotopic (exact) mass is 899 g/mol. The molecule has 0 amide bonds. The van der Waals surface area contributed by atoms with Crippen molar-refractivity contribution in [1.29, 1.82) is 0 Å². The molecule has 0 aromatic carbocycles. The molecule has 0 aliphatic rings. The molecule has 0 saturated carbocycles. The molecule has 374 valence electrons. The highest BCUT2D eigenvalue weighted by molar-refractivity contribution is 5.71. The van der Waals surface area contributed by atoms with Gasteiger partial charge in [-0.3, -0.25) is 14.4 Å². The fraction of sp³-hybridized carbons (Fsp3) is 0.845. The summed E-state index contributed by atoms with van der Waals surface area (Å²) in [6, 6.07) is 0. The highest BCUT2D eigenvalue weighted by atomic mass is 16.6. The molecule has 1 atom stereocenters. The molecule has 6 heteroatoms. The Morgan fingerprint density at radius 1 is 0.312 bits per heavy atom. The minimum atomic E-state index is -0.774. The first-order valence-electron chi connectivity index (χ1n) is 28.0. The summed E-state index contributed by atoms with van der Waals surface area (Å²) in [5.41, 5.74) is 0. The van der Waals surface area contributed by atoms with Crippen molar-refractivity contribution in [3.8, 4) is 0 Å². The summed E-state index contributed by atoms with van der Waals surface area (Å²) < 4.78 is 16.8. The number of ether oxygens (including phenoxy) is 3. The van der Waals surface area contributed by atoms with Crippen molar-refractivity contribution in [1.82, 2.24) is 0 Å². The maximum atomic E-state index is 12.8. The summed E-state index contributed by atoms with van der Waals surface area (Å²) in [6.07, 6.45) is 62.7. The molecule has 0 aromatic rings. The number of allylic oxidation sites excluding steroid dienone is 6. The molecular weight excluding hydrogens is 793 g/mol. The topological polar surface area (TPSA) is 78.9 Å². The number of unbranched alkanes of at least 4 members (excludes halogenated alkanes) is 34. The van der Waals surface area contributed by atoms with Gasteiger partial charge in [-0.15, -0.1) is 0 Å². The van der Waals surface area contributed by atoms with E-state index < -0.39 is 6.10 Å². The van der Waals surface area contributed by atoms with Crippen LogP contribution < -0.4 is 0 Å². The van der Waals surface area contributed by atoms with Gasteiger partial charge >= 0.3 is 17.9 Å². The van der Waals surface area contributed by atoms with Gasteiger partial charge < -0.3 is 14.2 Å². The zero-order chi connectivity index (χ0) is 46.5. The number of hydrogen-bond acceptors (Lipinski definition) is 6. The van der Waals surface area contributed by atoms with Gasteiger partial charge in [0, 0.05) is 19.3 Å². The smallest absolute Gasteiger partial charge is 0.306 e. The Hall–Kier alpha value is -2.37. The van der Waals surface area contributed by atoms with E-state index in [0.29, 0.717) is 19.3 Å². The summed E-state index contributed by atoms with van der Waals surface area (Å²) in [5, 5.41) is 0. The van der Waals surface area contributed by atoms with E-state index in [0.717, 1.165) is 70.6 Å². The quantitative estimate of drug-likeness (QED) is 0.0262. The summed E-state index contributed by atoms with van der Waals surface area (Å²) in [4.78, 5) is 38.1. The van der Waals surface area contributed by atoms with Gasteiger partial charge in [-0.05, 0) is 77.0 Å². The number of rotatable bonds is 51. The molecule has 0 heterocycles. The van der Waals surface area contributed by atoms with Gasteiger partial charge in [0.2, 0.25) is 0 Å². The van der Waals surface area contributed by atoms with Gasteiger partial charge in [-0.25, -0.2) is 0 Å². The van der Waals surface area contributed by atoms with Crippen LogP contribution in [0.25, 0.3) is 0 Å². The molecule has 1 unspecified atom stereocenters. The van der Waals surface area contributed by atoms with Crippen molar-refractivity contribution in [2.45, 2.75) is 303 Å². The molecule has 0 radical (unpaired) electrons. The summed E-state index contributed by atoms with van der Waals surface area (Å²) in [6.45, 7) is 6.63. The van der Waals surface area contributed by atoms with Gasteiger partial charge in [0.1, 0.15) is 13.2 Å². The van der Waals surface area contributed by atoms with Gasteiger partial charge in [-0.1, -0.05) is 237 Å². The number of carbonyl (C=O) groups is 3. The third-order valence-corrected chi connectivity index (χ3v) is 12.4. The lowest BCUT2D eigenvalue weighted by molar-refractivity contribution is -0.167. The van der Waals surface area contributed by atoms with Crippen LogP contribution in [0, 0.1) is 0 Å². The van der Waals surface area contributed by atoms with E-state index in [2.05, 4.69) is 57.2 Å². The molecule has 0 spiro atoms. The third kappa shape index (κ3) is 50.6. The van der Waals surface area contributed by atoms with E-state index in [1.807, 2.05) is 0 Å². The Balaban J connectivity index is 4.33.